The molecule has 124 valence electrons. The molecule has 0 saturated carbocycles. The van der Waals surface area contributed by atoms with Gasteiger partial charge < -0.3 is 9.88 Å². The summed E-state index contributed by atoms with van der Waals surface area (Å²) in [6, 6.07) is 7.28. The highest BCUT2D eigenvalue weighted by Crippen LogP contribution is 2.22. The fraction of sp³-hybridized carbons (Fsp3) is 0.0625. The smallest absolute Gasteiger partial charge is 0.268 e. The van der Waals surface area contributed by atoms with E-state index in [9.17, 15) is 4.79 Å². The first-order valence-electron chi connectivity index (χ1n) is 7.45. The third-order valence-corrected chi connectivity index (χ3v) is 4.62. The van der Waals surface area contributed by atoms with Crippen molar-refractivity contribution in [3.05, 3.63) is 66.0 Å². The van der Waals surface area contributed by atoms with Crippen LogP contribution in [0.5, 0.6) is 0 Å². The molecular formula is C16H13N7OS. The van der Waals surface area contributed by atoms with Gasteiger partial charge in [-0.25, -0.2) is 19.6 Å². The number of nitrogens with zero attached hydrogens (tertiary/aromatic N) is 6. The van der Waals surface area contributed by atoms with Crippen LogP contribution in [0.2, 0.25) is 0 Å². The Kier molecular flexibility index (Phi) is 3.82. The van der Waals surface area contributed by atoms with Crippen molar-refractivity contribution in [1.82, 2.24) is 29.3 Å². The summed E-state index contributed by atoms with van der Waals surface area (Å²) in [4.78, 5) is 25.8. The second kappa shape index (κ2) is 6.29. The number of aryl methyl sites for hydroxylation is 1. The predicted octanol–water partition coefficient (Wildman–Crippen LogP) is 2.47. The quantitative estimate of drug-likeness (QED) is 0.610. The molecule has 1 N–H and O–H groups in total. The van der Waals surface area contributed by atoms with Crippen LogP contribution in [0.15, 0.2) is 55.4 Å². The van der Waals surface area contributed by atoms with Gasteiger partial charge in [0.1, 0.15) is 17.0 Å². The van der Waals surface area contributed by atoms with Crippen molar-refractivity contribution in [3.63, 3.8) is 0 Å². The van der Waals surface area contributed by atoms with E-state index in [1.807, 2.05) is 36.0 Å². The lowest BCUT2D eigenvalue weighted by atomic mass is 10.3. The van der Waals surface area contributed by atoms with Gasteiger partial charge in [-0.15, -0.1) is 0 Å². The van der Waals surface area contributed by atoms with Crippen molar-refractivity contribution in [2.24, 2.45) is 0 Å². The molecule has 0 aromatic carbocycles. The van der Waals surface area contributed by atoms with Gasteiger partial charge >= 0.3 is 0 Å². The van der Waals surface area contributed by atoms with Crippen LogP contribution < -0.4 is 5.32 Å². The van der Waals surface area contributed by atoms with E-state index in [1.54, 1.807) is 29.2 Å². The first-order chi connectivity index (χ1) is 12.2. The van der Waals surface area contributed by atoms with Crippen LogP contribution in [0, 0.1) is 6.92 Å². The van der Waals surface area contributed by atoms with Crippen molar-refractivity contribution in [2.75, 3.05) is 5.32 Å². The molecular weight excluding hydrogens is 338 g/mol. The Bertz CT molecular complexity index is 1010. The SMILES string of the molecule is Cc1nc(-n2cccc2)sc1C(=O)Nc1cc(-n2cccn2)ncn1. The molecule has 0 saturated heterocycles. The van der Waals surface area contributed by atoms with Crippen molar-refractivity contribution in [3.8, 4) is 10.9 Å². The maximum Gasteiger partial charge on any atom is 0.268 e. The maximum absolute atomic E-state index is 12.6. The standard InChI is InChI=1S/C16H13N7OS/c1-11-14(25-16(20-11)22-6-2-3-7-22)15(24)21-12-9-13(18-10-17-12)23-8-4-5-19-23/h2-10H,1H3,(H,17,18,21,24). The number of aromatic nitrogens is 6. The van der Waals surface area contributed by atoms with E-state index < -0.39 is 0 Å². The predicted molar refractivity (Wildman–Crippen MR) is 93.3 cm³/mol. The second-order valence-electron chi connectivity index (χ2n) is 5.17. The minimum Gasteiger partial charge on any atom is -0.306 e. The molecule has 0 atom stereocenters. The third kappa shape index (κ3) is 3.04. The third-order valence-electron chi connectivity index (χ3n) is 3.45. The number of hydrogen-bond acceptors (Lipinski definition) is 6. The average Bonchev–Trinajstić information content (AvgIpc) is 3.36. The van der Waals surface area contributed by atoms with Crippen LogP contribution in [-0.2, 0) is 0 Å². The maximum atomic E-state index is 12.6. The summed E-state index contributed by atoms with van der Waals surface area (Å²) < 4.78 is 3.47. The van der Waals surface area contributed by atoms with Crippen molar-refractivity contribution in [1.29, 1.82) is 0 Å². The zero-order chi connectivity index (χ0) is 17.2. The summed E-state index contributed by atoms with van der Waals surface area (Å²) in [6.07, 6.45) is 8.59. The molecule has 0 bridgehead atoms. The molecule has 8 nitrogen and oxygen atoms in total. The van der Waals surface area contributed by atoms with Gasteiger partial charge in [0.25, 0.3) is 5.91 Å². The Morgan fingerprint density at radius 2 is 2.00 bits per heavy atom. The normalized spacial score (nSPS) is 10.8. The van der Waals surface area contributed by atoms with Crippen LogP contribution >= 0.6 is 11.3 Å². The number of hydrogen-bond donors (Lipinski definition) is 1. The van der Waals surface area contributed by atoms with Crippen LogP contribution in [-0.4, -0.2) is 35.2 Å². The average molecular weight is 351 g/mol. The Morgan fingerprint density at radius 3 is 2.76 bits per heavy atom. The van der Waals surface area contributed by atoms with E-state index in [-0.39, 0.29) is 5.91 Å². The zero-order valence-electron chi connectivity index (χ0n) is 13.2. The van der Waals surface area contributed by atoms with Crippen molar-refractivity contribution in [2.45, 2.75) is 6.92 Å². The highest BCUT2D eigenvalue weighted by atomic mass is 32.1. The minimum atomic E-state index is -0.251. The van der Waals surface area contributed by atoms with E-state index in [2.05, 4.69) is 25.4 Å². The van der Waals surface area contributed by atoms with Crippen molar-refractivity contribution < 1.29 is 4.79 Å². The lowest BCUT2D eigenvalue weighted by Gasteiger charge is -2.05. The molecule has 0 aliphatic carbocycles. The first-order valence-corrected chi connectivity index (χ1v) is 8.26. The molecule has 9 heteroatoms. The van der Waals surface area contributed by atoms with Gasteiger partial charge in [0, 0.05) is 30.9 Å². The molecule has 0 fully saturated rings. The van der Waals surface area contributed by atoms with E-state index in [0.29, 0.717) is 22.2 Å². The molecule has 25 heavy (non-hydrogen) atoms. The summed E-state index contributed by atoms with van der Waals surface area (Å²) >= 11 is 1.33. The monoisotopic (exact) mass is 351 g/mol. The number of anilines is 1. The molecule has 4 aromatic heterocycles. The Balaban J connectivity index is 1.58. The van der Waals surface area contributed by atoms with Crippen LogP contribution in [0.3, 0.4) is 0 Å². The summed E-state index contributed by atoms with van der Waals surface area (Å²) in [5.74, 6) is 0.726. The lowest BCUT2D eigenvalue weighted by Crippen LogP contribution is -2.13. The summed E-state index contributed by atoms with van der Waals surface area (Å²) in [5, 5.41) is 7.65. The number of amides is 1. The van der Waals surface area contributed by atoms with E-state index >= 15 is 0 Å². The molecule has 0 aliphatic rings. The fourth-order valence-electron chi connectivity index (χ4n) is 2.28. The number of rotatable bonds is 4. The molecule has 0 spiro atoms. The van der Waals surface area contributed by atoms with Crippen LogP contribution in [0.25, 0.3) is 10.9 Å². The number of thiazole rings is 1. The Labute approximate surface area is 146 Å². The molecule has 4 heterocycles. The van der Waals surface area contributed by atoms with Crippen LogP contribution in [0.4, 0.5) is 5.82 Å². The second-order valence-corrected chi connectivity index (χ2v) is 6.15. The molecule has 4 rings (SSSR count). The number of nitrogens with one attached hydrogen (secondary N) is 1. The highest BCUT2D eigenvalue weighted by molar-refractivity contribution is 7.16. The van der Waals surface area contributed by atoms with Gasteiger partial charge in [0.05, 0.1) is 5.69 Å². The first kappa shape index (κ1) is 15.2. The van der Waals surface area contributed by atoms with E-state index in [0.717, 1.165) is 5.13 Å². The Hall–Kier alpha value is -3.33. The molecule has 0 radical (unpaired) electrons. The molecule has 0 unspecified atom stereocenters. The molecule has 1 amide bonds. The zero-order valence-corrected chi connectivity index (χ0v) is 14.0. The molecule has 4 aromatic rings. The van der Waals surface area contributed by atoms with Crippen LogP contribution in [0.1, 0.15) is 15.4 Å². The van der Waals surface area contributed by atoms with Gasteiger partial charge in [-0.1, -0.05) is 11.3 Å². The minimum absolute atomic E-state index is 0.251. The largest absolute Gasteiger partial charge is 0.306 e. The lowest BCUT2D eigenvalue weighted by molar-refractivity contribution is 0.102. The van der Waals surface area contributed by atoms with Gasteiger partial charge in [-0.2, -0.15) is 5.10 Å². The topological polar surface area (TPSA) is 90.5 Å². The van der Waals surface area contributed by atoms with Gasteiger partial charge in [0.15, 0.2) is 10.9 Å². The fourth-order valence-corrected chi connectivity index (χ4v) is 3.21. The number of carbonyl (C=O) groups excluding carboxylic acids is 1. The molecule has 0 aliphatic heterocycles. The summed E-state index contributed by atoms with van der Waals surface area (Å²) in [7, 11) is 0. The highest BCUT2D eigenvalue weighted by Gasteiger charge is 2.17. The van der Waals surface area contributed by atoms with E-state index in [1.165, 1.54) is 17.7 Å². The Morgan fingerprint density at radius 1 is 1.16 bits per heavy atom. The van der Waals surface area contributed by atoms with Gasteiger partial charge in [-0.3, -0.25) is 4.79 Å². The van der Waals surface area contributed by atoms with Gasteiger partial charge in [0.2, 0.25) is 0 Å². The number of carbonyl (C=O) groups is 1. The van der Waals surface area contributed by atoms with Gasteiger partial charge in [-0.05, 0) is 25.1 Å². The van der Waals surface area contributed by atoms with Crippen molar-refractivity contribution >= 4 is 23.1 Å². The summed E-state index contributed by atoms with van der Waals surface area (Å²) in [5.41, 5.74) is 0.674. The summed E-state index contributed by atoms with van der Waals surface area (Å²) in [6.45, 7) is 1.81. The van der Waals surface area contributed by atoms with E-state index in [4.69, 9.17) is 0 Å².